The average Bonchev–Trinajstić information content (AvgIpc) is 2.65. The first-order valence-electron chi connectivity index (χ1n) is 6.23. The van der Waals surface area contributed by atoms with Crippen LogP contribution in [0.2, 0.25) is 0 Å². The second kappa shape index (κ2) is 4.79. The van der Waals surface area contributed by atoms with Gasteiger partial charge in [-0.05, 0) is 38.1 Å². The zero-order chi connectivity index (χ0) is 10.8. The van der Waals surface area contributed by atoms with Gasteiger partial charge in [0.25, 0.3) is 0 Å². The Morgan fingerprint density at radius 1 is 1.27 bits per heavy atom. The topological polar surface area (TPSA) is 29.3 Å². The second-order valence-electron chi connectivity index (χ2n) is 5.22. The fraction of sp³-hybridized carbons (Fsp3) is 0.917. The van der Waals surface area contributed by atoms with Crippen molar-refractivity contribution >= 4 is 17.2 Å². The van der Waals surface area contributed by atoms with Crippen molar-refractivity contribution in [3.63, 3.8) is 0 Å². The largest absolute Gasteiger partial charge is 0.392 e. The van der Waals surface area contributed by atoms with Gasteiger partial charge in [-0.2, -0.15) is 0 Å². The van der Waals surface area contributed by atoms with Crippen LogP contribution in [-0.4, -0.2) is 28.5 Å². The van der Waals surface area contributed by atoms with E-state index in [1.54, 1.807) is 0 Å². The Balaban J connectivity index is 1.99. The van der Waals surface area contributed by atoms with Crippen molar-refractivity contribution in [3.8, 4) is 0 Å². The van der Waals surface area contributed by atoms with E-state index in [0.717, 1.165) is 12.0 Å². The zero-order valence-electron chi connectivity index (χ0n) is 9.61. The lowest BCUT2D eigenvalue weighted by Gasteiger charge is -2.37. The molecule has 0 amide bonds. The summed E-state index contributed by atoms with van der Waals surface area (Å²) in [4.78, 5) is 3.29. The molecule has 2 N–H and O–H groups in total. The maximum Gasteiger partial charge on any atom is 0.0902 e. The Labute approximate surface area is 98.2 Å². The Morgan fingerprint density at radius 2 is 2.07 bits per heavy atom. The molecule has 0 spiro atoms. The van der Waals surface area contributed by atoms with Gasteiger partial charge in [0.1, 0.15) is 0 Å². The SMILES string of the molecule is CC1CCCC(N2CCCC2C(N)=S)C1. The normalized spacial score (nSPS) is 38.1. The number of rotatable bonds is 2. The lowest BCUT2D eigenvalue weighted by atomic mass is 9.86. The molecule has 0 bridgehead atoms. The van der Waals surface area contributed by atoms with Gasteiger partial charge in [0.15, 0.2) is 0 Å². The van der Waals surface area contributed by atoms with Gasteiger partial charge >= 0.3 is 0 Å². The summed E-state index contributed by atoms with van der Waals surface area (Å²) in [6, 6.07) is 1.15. The molecule has 0 radical (unpaired) electrons. The fourth-order valence-corrected chi connectivity index (χ4v) is 3.49. The summed E-state index contributed by atoms with van der Waals surface area (Å²) in [7, 11) is 0. The van der Waals surface area contributed by atoms with Crippen LogP contribution in [0.1, 0.15) is 45.4 Å². The van der Waals surface area contributed by atoms with Crippen LogP contribution in [0.25, 0.3) is 0 Å². The number of thiocarbonyl (C=S) groups is 1. The summed E-state index contributed by atoms with van der Waals surface area (Å²) in [6.07, 6.45) is 7.93. The van der Waals surface area contributed by atoms with Crippen molar-refractivity contribution in [3.05, 3.63) is 0 Å². The lowest BCUT2D eigenvalue weighted by Crippen LogP contribution is -2.46. The second-order valence-corrected chi connectivity index (χ2v) is 5.70. The van der Waals surface area contributed by atoms with Crippen molar-refractivity contribution < 1.29 is 0 Å². The molecular weight excluding hydrogens is 204 g/mol. The molecule has 3 heteroatoms. The zero-order valence-corrected chi connectivity index (χ0v) is 10.4. The van der Waals surface area contributed by atoms with Gasteiger partial charge in [0, 0.05) is 6.04 Å². The minimum Gasteiger partial charge on any atom is -0.392 e. The van der Waals surface area contributed by atoms with E-state index >= 15 is 0 Å². The summed E-state index contributed by atoms with van der Waals surface area (Å²) in [5, 5.41) is 0. The van der Waals surface area contributed by atoms with Gasteiger partial charge in [-0.15, -0.1) is 0 Å². The molecule has 0 aromatic carbocycles. The van der Waals surface area contributed by atoms with E-state index in [-0.39, 0.29) is 0 Å². The van der Waals surface area contributed by atoms with E-state index in [0.29, 0.717) is 11.0 Å². The molecule has 3 unspecified atom stereocenters. The van der Waals surface area contributed by atoms with Crippen LogP contribution in [0.3, 0.4) is 0 Å². The molecule has 1 saturated carbocycles. The third-order valence-electron chi connectivity index (χ3n) is 4.00. The van der Waals surface area contributed by atoms with Crippen molar-refractivity contribution in [2.45, 2.75) is 57.5 Å². The molecule has 2 nitrogen and oxygen atoms in total. The quantitative estimate of drug-likeness (QED) is 0.733. The maximum absolute atomic E-state index is 5.82. The van der Waals surface area contributed by atoms with Crippen LogP contribution >= 0.6 is 12.2 Å². The highest BCUT2D eigenvalue weighted by atomic mass is 32.1. The first kappa shape index (κ1) is 11.3. The molecule has 15 heavy (non-hydrogen) atoms. The van der Waals surface area contributed by atoms with E-state index in [1.807, 2.05) is 0 Å². The number of likely N-dealkylation sites (tertiary alicyclic amines) is 1. The lowest BCUT2D eigenvalue weighted by molar-refractivity contribution is 0.146. The van der Waals surface area contributed by atoms with E-state index in [4.69, 9.17) is 18.0 Å². The van der Waals surface area contributed by atoms with Gasteiger partial charge in [0.2, 0.25) is 0 Å². The monoisotopic (exact) mass is 226 g/mol. The van der Waals surface area contributed by atoms with E-state index in [1.165, 1.54) is 45.1 Å². The van der Waals surface area contributed by atoms with E-state index in [2.05, 4.69) is 11.8 Å². The number of hydrogen-bond acceptors (Lipinski definition) is 2. The maximum atomic E-state index is 5.82. The summed E-state index contributed by atoms with van der Waals surface area (Å²) >= 11 is 5.17. The van der Waals surface area contributed by atoms with Crippen molar-refractivity contribution in [2.24, 2.45) is 11.7 Å². The fourth-order valence-electron chi connectivity index (χ4n) is 3.23. The molecule has 2 rings (SSSR count). The molecule has 86 valence electrons. The number of nitrogens with zero attached hydrogens (tertiary/aromatic N) is 1. The smallest absolute Gasteiger partial charge is 0.0902 e. The molecule has 0 aromatic rings. The molecular formula is C12H22N2S. The highest BCUT2D eigenvalue weighted by Crippen LogP contribution is 2.31. The minimum atomic E-state index is 0.398. The van der Waals surface area contributed by atoms with Crippen LogP contribution in [0, 0.1) is 5.92 Å². The van der Waals surface area contributed by atoms with Crippen LogP contribution in [0.15, 0.2) is 0 Å². The minimum absolute atomic E-state index is 0.398. The predicted molar refractivity (Wildman–Crippen MR) is 67.9 cm³/mol. The van der Waals surface area contributed by atoms with Gasteiger partial charge in [0.05, 0.1) is 11.0 Å². The van der Waals surface area contributed by atoms with Gasteiger partial charge < -0.3 is 5.73 Å². The first-order valence-corrected chi connectivity index (χ1v) is 6.64. The van der Waals surface area contributed by atoms with Gasteiger partial charge in [-0.1, -0.05) is 32.0 Å². The summed E-state index contributed by atoms with van der Waals surface area (Å²) in [5.41, 5.74) is 5.82. The Hall–Kier alpha value is -0.150. The molecule has 1 aliphatic heterocycles. The molecule has 2 aliphatic rings. The van der Waals surface area contributed by atoms with Crippen LogP contribution in [-0.2, 0) is 0 Å². The van der Waals surface area contributed by atoms with Gasteiger partial charge in [-0.25, -0.2) is 0 Å². The Kier molecular flexibility index (Phi) is 3.62. The standard InChI is InChI=1S/C12H22N2S/c1-9-4-2-5-10(8-9)14-7-3-6-11(14)12(13)15/h9-11H,2-8H2,1H3,(H2,13,15). The van der Waals surface area contributed by atoms with Crippen LogP contribution < -0.4 is 5.73 Å². The molecule has 1 heterocycles. The summed E-state index contributed by atoms with van der Waals surface area (Å²) in [5.74, 6) is 0.886. The van der Waals surface area contributed by atoms with Crippen LogP contribution in [0.4, 0.5) is 0 Å². The van der Waals surface area contributed by atoms with E-state index < -0.39 is 0 Å². The van der Waals surface area contributed by atoms with Crippen molar-refractivity contribution in [1.82, 2.24) is 4.90 Å². The summed E-state index contributed by atoms with van der Waals surface area (Å²) in [6.45, 7) is 3.58. The number of nitrogens with two attached hydrogens (primary N) is 1. The molecule has 1 saturated heterocycles. The van der Waals surface area contributed by atoms with Crippen LogP contribution in [0.5, 0.6) is 0 Å². The molecule has 1 aliphatic carbocycles. The molecule has 0 aromatic heterocycles. The first-order chi connectivity index (χ1) is 7.18. The van der Waals surface area contributed by atoms with Crippen molar-refractivity contribution in [1.29, 1.82) is 0 Å². The highest BCUT2D eigenvalue weighted by Gasteiger charge is 2.34. The number of hydrogen-bond donors (Lipinski definition) is 1. The van der Waals surface area contributed by atoms with Crippen molar-refractivity contribution in [2.75, 3.05) is 6.54 Å². The highest BCUT2D eigenvalue weighted by molar-refractivity contribution is 7.80. The molecule has 2 fully saturated rings. The van der Waals surface area contributed by atoms with Gasteiger partial charge in [-0.3, -0.25) is 4.90 Å². The Morgan fingerprint density at radius 3 is 2.73 bits per heavy atom. The average molecular weight is 226 g/mol. The summed E-state index contributed by atoms with van der Waals surface area (Å²) < 4.78 is 0. The predicted octanol–water partition coefficient (Wildman–Crippen LogP) is 2.32. The molecule has 3 atom stereocenters. The third kappa shape index (κ3) is 2.51. The Bertz CT molecular complexity index is 242. The third-order valence-corrected chi connectivity index (χ3v) is 4.27. The van der Waals surface area contributed by atoms with E-state index in [9.17, 15) is 0 Å².